The smallest absolute Gasteiger partial charge is 0.130 e. The van der Waals surface area contributed by atoms with E-state index in [2.05, 4.69) is 18.7 Å². The Morgan fingerprint density at radius 2 is 2.00 bits per heavy atom. The molecule has 1 atom stereocenters. The van der Waals surface area contributed by atoms with Gasteiger partial charge in [-0.25, -0.2) is 0 Å². The highest BCUT2D eigenvalue weighted by atomic mass is 127. The average Bonchev–Trinajstić information content (AvgIpc) is 1.86. The van der Waals surface area contributed by atoms with E-state index in [4.69, 9.17) is 3.07 Å². The molecule has 0 heterocycles. The maximum Gasteiger partial charge on any atom is 0.130 e. The zero-order valence-electron chi connectivity index (χ0n) is 6.44. The van der Waals surface area contributed by atoms with E-state index in [9.17, 15) is 0 Å². The number of nitrogens with zero attached hydrogens (tertiary/aromatic N) is 1. The van der Waals surface area contributed by atoms with Crippen LogP contribution in [-0.2, 0) is 3.07 Å². The van der Waals surface area contributed by atoms with Crippen molar-refractivity contribution in [2.45, 2.75) is 26.0 Å². The van der Waals surface area contributed by atoms with Crippen LogP contribution in [0.15, 0.2) is 0 Å². The van der Waals surface area contributed by atoms with Crippen molar-refractivity contribution < 1.29 is 3.07 Å². The monoisotopic (exact) mass is 243 g/mol. The molecule has 0 amide bonds. The van der Waals surface area contributed by atoms with Gasteiger partial charge in [0, 0.05) is 0 Å². The molecule has 3 heteroatoms. The van der Waals surface area contributed by atoms with E-state index >= 15 is 0 Å². The predicted octanol–water partition coefficient (Wildman–Crippen LogP) is 2.04. The molecular weight excluding hydrogens is 229 g/mol. The minimum Gasteiger partial charge on any atom is -0.293 e. The predicted molar refractivity (Wildman–Crippen MR) is 47.5 cm³/mol. The molecule has 0 spiro atoms. The van der Waals surface area contributed by atoms with Crippen molar-refractivity contribution in [3.05, 3.63) is 0 Å². The molecule has 0 aliphatic carbocycles. The van der Waals surface area contributed by atoms with Crippen LogP contribution < -0.4 is 0 Å². The summed E-state index contributed by atoms with van der Waals surface area (Å²) in [6, 6.07) is 0. The van der Waals surface area contributed by atoms with Crippen molar-refractivity contribution in [3.63, 3.8) is 0 Å². The van der Waals surface area contributed by atoms with Crippen molar-refractivity contribution in [2.75, 3.05) is 14.1 Å². The maximum absolute atomic E-state index is 5.24. The van der Waals surface area contributed by atoms with Gasteiger partial charge in [0.2, 0.25) is 0 Å². The van der Waals surface area contributed by atoms with Crippen molar-refractivity contribution in [3.8, 4) is 0 Å². The second-order valence-electron chi connectivity index (χ2n) is 2.50. The van der Waals surface area contributed by atoms with Gasteiger partial charge in [-0.2, -0.15) is 0 Å². The first-order chi connectivity index (χ1) is 4.06. The first-order valence-corrected chi connectivity index (χ1v) is 3.92. The lowest BCUT2D eigenvalue weighted by Gasteiger charge is -2.32. The number of rotatable bonds is 3. The minimum absolute atomic E-state index is 0.0967. The lowest BCUT2D eigenvalue weighted by atomic mass is 10.2. The quantitative estimate of drug-likeness (QED) is 0.555. The standard InChI is InChI=1S/C6H14INO/c1-5-6(2,9-7)8(3)4/h5H2,1-4H3. The number of hydrogen-bond donors (Lipinski definition) is 0. The molecule has 0 radical (unpaired) electrons. The number of halogens is 1. The average molecular weight is 243 g/mol. The highest BCUT2D eigenvalue weighted by Crippen LogP contribution is 2.20. The normalized spacial score (nSPS) is 18.0. The van der Waals surface area contributed by atoms with Gasteiger partial charge in [-0.1, -0.05) is 6.92 Å². The third-order valence-corrected chi connectivity index (χ3v) is 2.72. The van der Waals surface area contributed by atoms with Crippen LogP contribution >= 0.6 is 23.0 Å². The fourth-order valence-corrected chi connectivity index (χ4v) is 1.15. The second-order valence-corrected chi connectivity index (χ2v) is 2.94. The zero-order chi connectivity index (χ0) is 7.49. The van der Waals surface area contributed by atoms with Gasteiger partial charge in [-0.05, 0) is 27.4 Å². The Labute approximate surface area is 71.3 Å². The summed E-state index contributed by atoms with van der Waals surface area (Å²) in [4.78, 5) is 2.07. The van der Waals surface area contributed by atoms with Crippen LogP contribution in [0.2, 0.25) is 0 Å². The highest BCUT2D eigenvalue weighted by Gasteiger charge is 2.24. The van der Waals surface area contributed by atoms with Gasteiger partial charge >= 0.3 is 0 Å². The molecule has 0 fully saturated rings. The Bertz CT molecular complexity index is 81.1. The van der Waals surface area contributed by atoms with Crippen LogP contribution in [0.1, 0.15) is 20.3 Å². The molecule has 0 aliphatic rings. The molecule has 0 aromatic heterocycles. The van der Waals surface area contributed by atoms with E-state index in [1.807, 2.05) is 37.1 Å². The Morgan fingerprint density at radius 3 is 2.00 bits per heavy atom. The van der Waals surface area contributed by atoms with Gasteiger partial charge in [0.25, 0.3) is 0 Å². The summed E-state index contributed by atoms with van der Waals surface area (Å²) in [5.41, 5.74) is -0.0967. The molecule has 0 bridgehead atoms. The third kappa shape index (κ3) is 2.39. The van der Waals surface area contributed by atoms with E-state index in [1.54, 1.807) is 0 Å². The Morgan fingerprint density at radius 1 is 1.56 bits per heavy atom. The Balaban J connectivity index is 3.92. The lowest BCUT2D eigenvalue weighted by Crippen LogP contribution is -2.40. The van der Waals surface area contributed by atoms with Crippen LogP contribution in [0, 0.1) is 0 Å². The Kier molecular flexibility index (Phi) is 4.00. The topological polar surface area (TPSA) is 12.5 Å². The van der Waals surface area contributed by atoms with E-state index in [0.29, 0.717) is 0 Å². The van der Waals surface area contributed by atoms with Crippen LogP contribution in [0.5, 0.6) is 0 Å². The van der Waals surface area contributed by atoms with E-state index < -0.39 is 0 Å². The maximum atomic E-state index is 5.24. The summed E-state index contributed by atoms with van der Waals surface area (Å²) in [5, 5.41) is 0. The molecule has 0 aromatic rings. The minimum atomic E-state index is -0.0967. The van der Waals surface area contributed by atoms with E-state index in [1.165, 1.54) is 0 Å². The molecule has 56 valence electrons. The third-order valence-electron chi connectivity index (χ3n) is 1.77. The van der Waals surface area contributed by atoms with Gasteiger partial charge in [-0.3, -0.25) is 7.97 Å². The summed E-state index contributed by atoms with van der Waals surface area (Å²) < 4.78 is 5.24. The Hall–Kier alpha value is 0.650. The molecule has 0 saturated carbocycles. The fourth-order valence-electron chi connectivity index (χ4n) is 0.440. The molecule has 0 saturated heterocycles. The first kappa shape index (κ1) is 9.65. The van der Waals surface area contributed by atoms with Crippen LogP contribution in [0.25, 0.3) is 0 Å². The van der Waals surface area contributed by atoms with Crippen molar-refractivity contribution >= 4 is 23.0 Å². The van der Waals surface area contributed by atoms with Crippen molar-refractivity contribution in [2.24, 2.45) is 0 Å². The lowest BCUT2D eigenvalue weighted by molar-refractivity contribution is -0.00735. The largest absolute Gasteiger partial charge is 0.293 e. The van der Waals surface area contributed by atoms with Crippen LogP contribution in [0.4, 0.5) is 0 Å². The van der Waals surface area contributed by atoms with Gasteiger partial charge in [0.1, 0.15) is 28.7 Å². The summed E-state index contributed by atoms with van der Waals surface area (Å²) in [7, 11) is 4.03. The molecule has 0 aromatic carbocycles. The fraction of sp³-hybridized carbons (Fsp3) is 1.00. The van der Waals surface area contributed by atoms with Crippen molar-refractivity contribution in [1.82, 2.24) is 4.90 Å². The van der Waals surface area contributed by atoms with Gasteiger partial charge < -0.3 is 0 Å². The van der Waals surface area contributed by atoms with Gasteiger partial charge in [0.05, 0.1) is 0 Å². The summed E-state index contributed by atoms with van der Waals surface area (Å²) in [6.45, 7) is 4.18. The molecule has 1 unspecified atom stereocenters. The first-order valence-electron chi connectivity index (χ1n) is 3.04. The van der Waals surface area contributed by atoms with Gasteiger partial charge in [-0.15, -0.1) is 0 Å². The molecule has 0 N–H and O–H groups in total. The molecule has 0 aliphatic heterocycles. The van der Waals surface area contributed by atoms with Gasteiger partial charge in [0.15, 0.2) is 0 Å². The van der Waals surface area contributed by atoms with Crippen molar-refractivity contribution in [1.29, 1.82) is 0 Å². The highest BCUT2D eigenvalue weighted by molar-refractivity contribution is 14.1. The van der Waals surface area contributed by atoms with E-state index in [-0.39, 0.29) is 5.72 Å². The zero-order valence-corrected chi connectivity index (χ0v) is 8.60. The van der Waals surface area contributed by atoms with E-state index in [0.717, 1.165) is 6.42 Å². The van der Waals surface area contributed by atoms with Crippen LogP contribution in [0.3, 0.4) is 0 Å². The summed E-state index contributed by atoms with van der Waals surface area (Å²) >= 11 is 1.94. The summed E-state index contributed by atoms with van der Waals surface area (Å²) in [5.74, 6) is 0. The second kappa shape index (κ2) is 3.73. The summed E-state index contributed by atoms with van der Waals surface area (Å²) in [6.07, 6.45) is 1.00. The SMILES string of the molecule is CCC(C)(OI)N(C)C. The molecule has 9 heavy (non-hydrogen) atoms. The van der Waals surface area contributed by atoms with Crippen LogP contribution in [-0.4, -0.2) is 24.7 Å². The molecule has 2 nitrogen and oxygen atoms in total. The molecule has 0 rings (SSSR count). The molecular formula is C6H14INO. The number of hydrogen-bond acceptors (Lipinski definition) is 2.